The summed E-state index contributed by atoms with van der Waals surface area (Å²) in [5.74, 6) is -2.08. The summed E-state index contributed by atoms with van der Waals surface area (Å²) in [6, 6.07) is 4.97. The molecular weight excluding hydrogens is 598 g/mol. The van der Waals surface area contributed by atoms with E-state index in [0.717, 1.165) is 23.0 Å². The Morgan fingerprint density at radius 2 is 1.97 bits per heavy atom. The molecule has 35 heavy (non-hydrogen) atoms. The third kappa shape index (κ3) is 4.94. The number of ether oxygens (including phenoxy) is 1. The standard InChI is InChI=1S/C21H16Br2F2N6O4/c1-2-29-20(23)14(8-27-29)19(32)18-15(25)9-28-30(18)16-4-3-13(24)5-11(16)10-35-17-6-12(22)7-26-21(17)31(33)34/h3-9,19,32H,2,10H2,1H3. The molecule has 0 bridgehead atoms. The molecule has 0 spiro atoms. The normalized spacial score (nSPS) is 12.1. The maximum Gasteiger partial charge on any atom is 0.406 e. The van der Waals surface area contributed by atoms with Gasteiger partial charge in [0.05, 0.1) is 22.6 Å². The van der Waals surface area contributed by atoms with Crippen LogP contribution in [0.25, 0.3) is 5.69 Å². The van der Waals surface area contributed by atoms with Gasteiger partial charge < -0.3 is 20.0 Å². The SMILES string of the molecule is CCn1ncc(C(O)c2c(F)cnn2-c2ccc(F)cc2COc2cc(Br)cnc2[N+](=O)[O-])c1Br. The summed E-state index contributed by atoms with van der Waals surface area (Å²) in [5.41, 5.74) is 0.501. The number of rotatable bonds is 8. The largest absolute Gasteiger partial charge is 0.481 e. The molecule has 0 saturated heterocycles. The van der Waals surface area contributed by atoms with Crippen LogP contribution in [-0.2, 0) is 13.2 Å². The smallest absolute Gasteiger partial charge is 0.406 e. The van der Waals surface area contributed by atoms with Crippen LogP contribution >= 0.6 is 31.9 Å². The molecule has 1 aromatic carbocycles. The van der Waals surface area contributed by atoms with Gasteiger partial charge in [-0.05, 0) is 66.9 Å². The molecule has 10 nitrogen and oxygen atoms in total. The van der Waals surface area contributed by atoms with Crippen molar-refractivity contribution in [3.63, 3.8) is 0 Å². The fourth-order valence-corrected chi connectivity index (χ4v) is 4.37. The Labute approximate surface area is 213 Å². The van der Waals surface area contributed by atoms with E-state index in [2.05, 4.69) is 47.0 Å². The molecule has 0 fully saturated rings. The number of aromatic nitrogens is 5. The molecule has 182 valence electrons. The second kappa shape index (κ2) is 10.2. The average Bonchev–Trinajstić information content (AvgIpc) is 3.39. The Kier molecular flexibility index (Phi) is 7.23. The van der Waals surface area contributed by atoms with Crippen LogP contribution in [-0.4, -0.2) is 34.6 Å². The maximum absolute atomic E-state index is 14.8. The Morgan fingerprint density at radius 3 is 2.66 bits per heavy atom. The number of nitrogens with zero attached hydrogens (tertiary/aromatic N) is 6. The minimum Gasteiger partial charge on any atom is -0.481 e. The zero-order valence-corrected chi connectivity index (χ0v) is 21.1. The third-order valence-corrected chi connectivity index (χ3v) is 6.34. The van der Waals surface area contributed by atoms with E-state index in [0.29, 0.717) is 21.2 Å². The summed E-state index contributed by atoms with van der Waals surface area (Å²) < 4.78 is 38.2. The Balaban J connectivity index is 1.74. The molecule has 0 aliphatic rings. The van der Waals surface area contributed by atoms with Crippen LogP contribution in [0.4, 0.5) is 14.6 Å². The van der Waals surface area contributed by atoms with Crippen LogP contribution in [0.3, 0.4) is 0 Å². The Hall–Kier alpha value is -3.23. The fraction of sp³-hybridized carbons (Fsp3) is 0.190. The van der Waals surface area contributed by atoms with E-state index in [4.69, 9.17) is 4.74 Å². The van der Waals surface area contributed by atoms with E-state index in [1.165, 1.54) is 24.5 Å². The second-order valence-electron chi connectivity index (χ2n) is 7.19. The van der Waals surface area contributed by atoms with E-state index < -0.39 is 28.5 Å². The van der Waals surface area contributed by atoms with Crippen molar-refractivity contribution in [1.82, 2.24) is 24.5 Å². The van der Waals surface area contributed by atoms with Crippen molar-refractivity contribution >= 4 is 37.7 Å². The van der Waals surface area contributed by atoms with E-state index in [-0.39, 0.29) is 29.3 Å². The average molecular weight is 614 g/mol. The highest BCUT2D eigenvalue weighted by Crippen LogP contribution is 2.33. The van der Waals surface area contributed by atoms with E-state index in [9.17, 15) is 24.0 Å². The van der Waals surface area contributed by atoms with Gasteiger partial charge in [0.1, 0.15) is 28.8 Å². The second-order valence-corrected chi connectivity index (χ2v) is 8.86. The summed E-state index contributed by atoms with van der Waals surface area (Å²) in [6.45, 7) is 2.04. The van der Waals surface area contributed by atoms with Crippen LogP contribution in [0.1, 0.15) is 29.8 Å². The first-order valence-electron chi connectivity index (χ1n) is 10.1. The van der Waals surface area contributed by atoms with Crippen molar-refractivity contribution in [2.45, 2.75) is 26.2 Å². The molecule has 0 aliphatic heterocycles. The lowest BCUT2D eigenvalue weighted by Crippen LogP contribution is -2.13. The number of benzene rings is 1. The number of aryl methyl sites for hydroxylation is 1. The molecule has 0 saturated carbocycles. The van der Waals surface area contributed by atoms with Crippen LogP contribution in [0.5, 0.6) is 5.75 Å². The monoisotopic (exact) mass is 612 g/mol. The van der Waals surface area contributed by atoms with Crippen LogP contribution in [0.15, 0.2) is 51.9 Å². The van der Waals surface area contributed by atoms with E-state index >= 15 is 0 Å². The van der Waals surface area contributed by atoms with Gasteiger partial charge in [-0.2, -0.15) is 10.2 Å². The van der Waals surface area contributed by atoms with Crippen LogP contribution in [0.2, 0.25) is 0 Å². The lowest BCUT2D eigenvalue weighted by Gasteiger charge is -2.16. The number of hydrogen-bond acceptors (Lipinski definition) is 7. The lowest BCUT2D eigenvalue weighted by atomic mass is 10.1. The molecule has 0 aliphatic carbocycles. The molecule has 1 unspecified atom stereocenters. The number of pyridine rings is 1. The minimum atomic E-state index is -1.46. The van der Waals surface area contributed by atoms with Gasteiger partial charge in [-0.1, -0.05) is 0 Å². The predicted molar refractivity (Wildman–Crippen MR) is 126 cm³/mol. The van der Waals surface area contributed by atoms with Gasteiger partial charge >= 0.3 is 5.82 Å². The van der Waals surface area contributed by atoms with Crippen molar-refractivity contribution in [1.29, 1.82) is 0 Å². The predicted octanol–water partition coefficient (Wildman–Crippen LogP) is 4.86. The van der Waals surface area contributed by atoms with Crippen LogP contribution < -0.4 is 4.74 Å². The first-order chi connectivity index (χ1) is 16.7. The summed E-state index contributed by atoms with van der Waals surface area (Å²) in [7, 11) is 0. The van der Waals surface area contributed by atoms with E-state index in [1.807, 2.05) is 6.92 Å². The number of hydrogen-bond donors (Lipinski definition) is 1. The summed E-state index contributed by atoms with van der Waals surface area (Å²) >= 11 is 6.53. The molecule has 14 heteroatoms. The van der Waals surface area contributed by atoms with Crippen molar-refractivity contribution in [3.8, 4) is 11.4 Å². The Bertz CT molecular complexity index is 1410. The topological polar surface area (TPSA) is 121 Å². The highest BCUT2D eigenvalue weighted by atomic mass is 79.9. The zero-order chi connectivity index (χ0) is 25.3. The third-order valence-electron chi connectivity index (χ3n) is 5.04. The summed E-state index contributed by atoms with van der Waals surface area (Å²) in [5, 5.41) is 30.5. The molecule has 0 amide bonds. The van der Waals surface area contributed by atoms with Gasteiger partial charge in [0.25, 0.3) is 0 Å². The molecule has 0 radical (unpaired) electrons. The van der Waals surface area contributed by atoms with Gasteiger partial charge in [-0.15, -0.1) is 0 Å². The Morgan fingerprint density at radius 1 is 1.20 bits per heavy atom. The first kappa shape index (κ1) is 24.9. The maximum atomic E-state index is 14.8. The van der Waals surface area contributed by atoms with Crippen LogP contribution in [0, 0.1) is 21.7 Å². The van der Waals surface area contributed by atoms with Gasteiger partial charge in [0.2, 0.25) is 5.75 Å². The highest BCUT2D eigenvalue weighted by molar-refractivity contribution is 9.10. The zero-order valence-electron chi connectivity index (χ0n) is 17.9. The lowest BCUT2D eigenvalue weighted by molar-refractivity contribution is -0.390. The van der Waals surface area contributed by atoms with Gasteiger partial charge in [0.15, 0.2) is 12.0 Å². The van der Waals surface area contributed by atoms with Gasteiger partial charge in [-0.25, -0.2) is 13.5 Å². The molecule has 4 aromatic rings. The summed E-state index contributed by atoms with van der Waals surface area (Å²) in [6.07, 6.45) is 2.12. The molecular formula is C21H16Br2F2N6O4. The molecule has 3 heterocycles. The minimum absolute atomic E-state index is 0.151. The number of halogens is 4. The van der Waals surface area contributed by atoms with Crippen molar-refractivity contribution in [2.75, 3.05) is 0 Å². The first-order valence-corrected chi connectivity index (χ1v) is 11.6. The number of aliphatic hydroxyl groups excluding tert-OH is 1. The van der Waals surface area contributed by atoms with Crippen molar-refractivity contribution in [2.24, 2.45) is 0 Å². The summed E-state index contributed by atoms with van der Waals surface area (Å²) in [4.78, 5) is 14.3. The van der Waals surface area contributed by atoms with E-state index in [1.54, 1.807) is 4.68 Å². The van der Waals surface area contributed by atoms with Crippen molar-refractivity contribution in [3.05, 3.63) is 90.5 Å². The van der Waals surface area contributed by atoms with Gasteiger partial charge in [-0.3, -0.25) is 4.68 Å². The quantitative estimate of drug-likeness (QED) is 0.223. The molecule has 4 rings (SSSR count). The highest BCUT2D eigenvalue weighted by Gasteiger charge is 2.27. The number of aliphatic hydroxyl groups is 1. The molecule has 1 atom stereocenters. The van der Waals surface area contributed by atoms with Crippen molar-refractivity contribution < 1.29 is 23.5 Å². The fourth-order valence-electron chi connectivity index (χ4n) is 3.40. The van der Waals surface area contributed by atoms with Gasteiger partial charge in [0, 0.05) is 23.7 Å². The number of nitro groups is 1. The molecule has 3 aromatic heterocycles. The molecule has 1 N–H and O–H groups in total.